The monoisotopic (exact) mass is 328 g/mol. The Bertz CT molecular complexity index is 610. The smallest absolute Gasteiger partial charge is 0.221 e. The van der Waals surface area contributed by atoms with Crippen molar-refractivity contribution in [3.63, 3.8) is 0 Å². The van der Waals surface area contributed by atoms with E-state index >= 15 is 0 Å². The Hall–Kier alpha value is -1.23. The van der Waals surface area contributed by atoms with Crippen LogP contribution in [0.1, 0.15) is 25.5 Å². The lowest BCUT2D eigenvalue weighted by Gasteiger charge is -2.15. The molecule has 0 aliphatic carbocycles. The molecule has 0 aliphatic heterocycles. The summed E-state index contributed by atoms with van der Waals surface area (Å²) in [5.41, 5.74) is 2.70. The molecule has 6 heteroatoms. The summed E-state index contributed by atoms with van der Waals surface area (Å²) in [7, 11) is 0. The summed E-state index contributed by atoms with van der Waals surface area (Å²) in [6, 6.07) is 9.43. The maximum Gasteiger partial charge on any atom is 0.221 e. The molecule has 0 spiro atoms. The van der Waals surface area contributed by atoms with E-state index in [9.17, 15) is 4.79 Å². The number of thiophene rings is 1. The minimum atomic E-state index is -0.0845. The van der Waals surface area contributed by atoms with Gasteiger partial charge in [0.2, 0.25) is 5.91 Å². The topological polar surface area (TPSA) is 41.1 Å². The van der Waals surface area contributed by atoms with Crippen LogP contribution in [0.3, 0.4) is 0 Å². The second-order valence-electron chi connectivity index (χ2n) is 4.40. The van der Waals surface area contributed by atoms with Crippen molar-refractivity contribution in [1.82, 2.24) is 0 Å². The van der Waals surface area contributed by atoms with Gasteiger partial charge < -0.3 is 10.6 Å². The second kappa shape index (κ2) is 6.48. The van der Waals surface area contributed by atoms with Crippen LogP contribution in [-0.4, -0.2) is 5.91 Å². The molecule has 0 radical (unpaired) electrons. The fraction of sp³-hybridized carbons (Fsp3) is 0.214. The van der Waals surface area contributed by atoms with E-state index in [0.29, 0.717) is 8.67 Å². The zero-order chi connectivity index (χ0) is 14.7. The number of hydrogen-bond acceptors (Lipinski definition) is 3. The Labute approximate surface area is 131 Å². The Morgan fingerprint density at radius 1 is 1.20 bits per heavy atom. The van der Waals surface area contributed by atoms with Crippen molar-refractivity contribution in [2.24, 2.45) is 0 Å². The van der Waals surface area contributed by atoms with Crippen LogP contribution in [0.15, 0.2) is 30.3 Å². The third-order valence-corrected chi connectivity index (χ3v) is 4.26. The van der Waals surface area contributed by atoms with Gasteiger partial charge in [0.15, 0.2) is 0 Å². The molecule has 1 heterocycles. The number of anilines is 2. The minimum absolute atomic E-state index is 0.0536. The number of carbonyl (C=O) groups excluding carboxylic acids is 1. The average molecular weight is 329 g/mol. The van der Waals surface area contributed by atoms with Gasteiger partial charge in [0.1, 0.15) is 0 Å². The number of halogens is 2. The van der Waals surface area contributed by atoms with Crippen LogP contribution < -0.4 is 10.6 Å². The zero-order valence-corrected chi connectivity index (χ0v) is 13.4. The van der Waals surface area contributed by atoms with E-state index in [2.05, 4.69) is 10.6 Å². The Balaban J connectivity index is 2.06. The average Bonchev–Trinajstić information content (AvgIpc) is 2.70. The highest BCUT2D eigenvalue weighted by atomic mass is 35.5. The highest BCUT2D eigenvalue weighted by molar-refractivity contribution is 7.20. The molecule has 2 aromatic rings. The number of amides is 1. The fourth-order valence-corrected chi connectivity index (χ4v) is 3.47. The second-order valence-corrected chi connectivity index (χ2v) is 6.69. The van der Waals surface area contributed by atoms with Crippen LogP contribution in [0.2, 0.25) is 8.67 Å². The zero-order valence-electron chi connectivity index (χ0n) is 11.0. The quantitative estimate of drug-likeness (QED) is 0.811. The van der Waals surface area contributed by atoms with Gasteiger partial charge >= 0.3 is 0 Å². The summed E-state index contributed by atoms with van der Waals surface area (Å²) in [5, 5.41) is 6.07. The minimum Gasteiger partial charge on any atom is -0.378 e. The van der Waals surface area contributed by atoms with Gasteiger partial charge in [0, 0.05) is 23.9 Å². The van der Waals surface area contributed by atoms with Crippen molar-refractivity contribution >= 4 is 51.8 Å². The highest BCUT2D eigenvalue weighted by Crippen LogP contribution is 2.36. The molecule has 0 saturated carbocycles. The normalized spacial score (nSPS) is 12.0. The predicted molar refractivity (Wildman–Crippen MR) is 87.1 cm³/mol. The van der Waals surface area contributed by atoms with E-state index in [-0.39, 0.29) is 11.9 Å². The molecule has 1 unspecified atom stereocenters. The highest BCUT2D eigenvalue weighted by Gasteiger charge is 2.13. The number of benzene rings is 1. The third kappa shape index (κ3) is 3.88. The van der Waals surface area contributed by atoms with E-state index in [0.717, 1.165) is 16.9 Å². The Kier molecular flexibility index (Phi) is 4.91. The standard InChI is InChI=1S/C14H14Cl2N2OS/c1-8(12-7-13(15)20-14(12)16)17-10-3-5-11(6-4-10)18-9(2)19/h3-8,17H,1-2H3,(H,18,19). The van der Waals surface area contributed by atoms with Crippen LogP contribution in [0.5, 0.6) is 0 Å². The molecule has 0 aliphatic rings. The molecule has 106 valence electrons. The maximum atomic E-state index is 10.9. The lowest BCUT2D eigenvalue weighted by molar-refractivity contribution is -0.114. The van der Waals surface area contributed by atoms with E-state index in [1.807, 2.05) is 37.3 Å². The van der Waals surface area contributed by atoms with Gasteiger partial charge in [-0.05, 0) is 37.3 Å². The van der Waals surface area contributed by atoms with E-state index in [1.165, 1.54) is 18.3 Å². The van der Waals surface area contributed by atoms with Crippen LogP contribution in [0.25, 0.3) is 0 Å². The predicted octanol–water partition coefficient (Wildman–Crippen LogP) is 5.19. The first-order chi connectivity index (χ1) is 9.45. The van der Waals surface area contributed by atoms with Crippen molar-refractivity contribution in [2.45, 2.75) is 19.9 Å². The SMILES string of the molecule is CC(=O)Nc1ccc(NC(C)c2cc(Cl)sc2Cl)cc1. The van der Waals surface area contributed by atoms with Gasteiger partial charge in [-0.2, -0.15) is 0 Å². The van der Waals surface area contributed by atoms with Gasteiger partial charge in [0.05, 0.1) is 14.7 Å². The first kappa shape index (κ1) is 15.2. The molecule has 1 atom stereocenters. The number of hydrogen-bond donors (Lipinski definition) is 2. The lowest BCUT2D eigenvalue weighted by atomic mass is 10.1. The molecular weight excluding hydrogens is 315 g/mol. The Morgan fingerprint density at radius 2 is 1.80 bits per heavy atom. The lowest BCUT2D eigenvalue weighted by Crippen LogP contribution is -2.07. The first-order valence-corrected chi connectivity index (χ1v) is 7.62. The summed E-state index contributed by atoms with van der Waals surface area (Å²) in [6.45, 7) is 3.50. The number of carbonyl (C=O) groups is 1. The van der Waals surface area contributed by atoms with Gasteiger partial charge in [-0.25, -0.2) is 0 Å². The summed E-state index contributed by atoms with van der Waals surface area (Å²) in [5.74, 6) is -0.0845. The molecule has 1 aromatic heterocycles. The molecule has 0 fully saturated rings. The molecule has 0 saturated heterocycles. The largest absolute Gasteiger partial charge is 0.378 e. The third-order valence-electron chi connectivity index (χ3n) is 2.74. The van der Waals surface area contributed by atoms with Crippen LogP contribution >= 0.6 is 34.5 Å². The van der Waals surface area contributed by atoms with E-state index < -0.39 is 0 Å². The summed E-state index contributed by atoms with van der Waals surface area (Å²) in [6.07, 6.45) is 0. The molecular formula is C14H14Cl2N2OS. The molecule has 2 rings (SSSR count). The van der Waals surface area contributed by atoms with Gasteiger partial charge in [0.25, 0.3) is 0 Å². The van der Waals surface area contributed by atoms with Crippen molar-refractivity contribution in [3.05, 3.63) is 44.6 Å². The van der Waals surface area contributed by atoms with Crippen LogP contribution in [-0.2, 0) is 4.79 Å². The molecule has 0 bridgehead atoms. The Morgan fingerprint density at radius 3 is 2.30 bits per heavy atom. The summed E-state index contributed by atoms with van der Waals surface area (Å²) >= 11 is 13.4. The summed E-state index contributed by atoms with van der Waals surface area (Å²) in [4.78, 5) is 10.9. The fourth-order valence-electron chi connectivity index (χ4n) is 1.83. The molecule has 2 N–H and O–H groups in total. The van der Waals surface area contributed by atoms with Crippen LogP contribution in [0, 0.1) is 0 Å². The molecule has 1 aromatic carbocycles. The van der Waals surface area contributed by atoms with Crippen molar-refractivity contribution in [3.8, 4) is 0 Å². The number of rotatable bonds is 4. The summed E-state index contributed by atoms with van der Waals surface area (Å²) < 4.78 is 1.38. The van der Waals surface area contributed by atoms with Gasteiger partial charge in [-0.15, -0.1) is 11.3 Å². The van der Waals surface area contributed by atoms with E-state index in [1.54, 1.807) is 0 Å². The van der Waals surface area contributed by atoms with Crippen molar-refractivity contribution in [1.29, 1.82) is 0 Å². The number of nitrogens with one attached hydrogen (secondary N) is 2. The van der Waals surface area contributed by atoms with Gasteiger partial charge in [-0.1, -0.05) is 23.2 Å². The first-order valence-electron chi connectivity index (χ1n) is 6.04. The van der Waals surface area contributed by atoms with Crippen molar-refractivity contribution in [2.75, 3.05) is 10.6 Å². The van der Waals surface area contributed by atoms with Gasteiger partial charge in [-0.3, -0.25) is 4.79 Å². The maximum absolute atomic E-state index is 10.9. The van der Waals surface area contributed by atoms with Crippen LogP contribution in [0.4, 0.5) is 11.4 Å². The van der Waals surface area contributed by atoms with E-state index in [4.69, 9.17) is 23.2 Å². The molecule has 20 heavy (non-hydrogen) atoms. The van der Waals surface area contributed by atoms with Crippen molar-refractivity contribution < 1.29 is 4.79 Å². The molecule has 3 nitrogen and oxygen atoms in total. The molecule has 1 amide bonds.